The van der Waals surface area contributed by atoms with Gasteiger partial charge in [0.1, 0.15) is 0 Å². The quantitative estimate of drug-likeness (QED) is 0.710. The van der Waals surface area contributed by atoms with E-state index in [9.17, 15) is 4.79 Å². The lowest BCUT2D eigenvalue weighted by atomic mass is 10.2. The van der Waals surface area contributed by atoms with Crippen molar-refractivity contribution < 1.29 is 4.79 Å². The van der Waals surface area contributed by atoms with Crippen LogP contribution in [0.2, 0.25) is 0 Å². The highest BCUT2D eigenvalue weighted by atomic mass is 32.2. The number of carbonyl (C=O) groups excluding carboxylic acids is 1. The van der Waals surface area contributed by atoms with Crippen molar-refractivity contribution >= 4 is 17.9 Å². The molecule has 0 aliphatic carbocycles. The van der Waals surface area contributed by atoms with Gasteiger partial charge in [0.25, 0.3) is 5.91 Å². The number of carbonyl (C=O) groups is 1. The summed E-state index contributed by atoms with van der Waals surface area (Å²) < 4.78 is 2.40. The van der Waals surface area contributed by atoms with Crippen LogP contribution in [0.15, 0.2) is 29.2 Å². The molecule has 116 valence electrons. The minimum atomic E-state index is 0.183. The molecule has 0 bridgehead atoms. The monoisotopic (exact) mass is 306 g/mol. The summed E-state index contributed by atoms with van der Waals surface area (Å²) in [6.45, 7) is 8.45. The van der Waals surface area contributed by atoms with Crippen LogP contribution in [0.5, 0.6) is 0 Å². The summed E-state index contributed by atoms with van der Waals surface area (Å²) in [6, 6.07) is 8.09. The highest BCUT2D eigenvalue weighted by Gasteiger charge is 2.19. The lowest BCUT2D eigenvalue weighted by Gasteiger charge is -2.20. The van der Waals surface area contributed by atoms with Gasteiger partial charge in [-0.25, -0.2) is 4.31 Å². The second-order valence-corrected chi connectivity index (χ2v) is 6.71. The van der Waals surface area contributed by atoms with Crippen molar-refractivity contribution in [3.63, 3.8) is 0 Å². The molecule has 0 unspecified atom stereocenters. The molecule has 1 aliphatic rings. The van der Waals surface area contributed by atoms with Crippen LogP contribution in [0.25, 0.3) is 0 Å². The molecule has 1 aliphatic heterocycles. The second-order valence-electron chi connectivity index (χ2n) is 5.54. The number of hydrogen-bond acceptors (Lipinski definition) is 3. The zero-order valence-electron chi connectivity index (χ0n) is 13.2. The van der Waals surface area contributed by atoms with Crippen LogP contribution in [-0.2, 0) is 0 Å². The van der Waals surface area contributed by atoms with Gasteiger partial charge in [-0.05, 0) is 61.9 Å². The van der Waals surface area contributed by atoms with Crippen molar-refractivity contribution in [2.24, 2.45) is 0 Å². The molecule has 3 nitrogen and oxygen atoms in total. The first-order valence-corrected chi connectivity index (χ1v) is 8.84. The second kappa shape index (κ2) is 8.44. The Morgan fingerprint density at radius 3 is 2.19 bits per heavy atom. The van der Waals surface area contributed by atoms with Gasteiger partial charge in [0, 0.05) is 36.6 Å². The smallest absolute Gasteiger partial charge is 0.253 e. The maximum absolute atomic E-state index is 12.3. The standard InChI is InChI=1S/C17H26N2OS/c1-3-11-19(12-4-2)21-16-9-7-15(8-10-16)17(20)18-13-5-6-14-18/h7-10H,3-6,11-14H2,1-2H3. The highest BCUT2D eigenvalue weighted by molar-refractivity contribution is 7.97. The Bertz CT molecular complexity index is 435. The van der Waals surface area contributed by atoms with E-state index in [1.807, 2.05) is 17.0 Å². The Morgan fingerprint density at radius 2 is 1.67 bits per heavy atom. The van der Waals surface area contributed by atoms with E-state index >= 15 is 0 Å². The Kier molecular flexibility index (Phi) is 6.58. The molecule has 4 heteroatoms. The first kappa shape index (κ1) is 16.4. The summed E-state index contributed by atoms with van der Waals surface area (Å²) in [6.07, 6.45) is 4.61. The molecule has 0 N–H and O–H groups in total. The molecular weight excluding hydrogens is 280 g/mol. The minimum absolute atomic E-state index is 0.183. The van der Waals surface area contributed by atoms with E-state index in [4.69, 9.17) is 0 Å². The lowest BCUT2D eigenvalue weighted by Crippen LogP contribution is -2.27. The Morgan fingerprint density at radius 1 is 1.10 bits per heavy atom. The number of rotatable bonds is 7. The molecule has 1 heterocycles. The number of likely N-dealkylation sites (tertiary alicyclic amines) is 1. The molecule has 1 aromatic rings. The zero-order valence-corrected chi connectivity index (χ0v) is 14.0. The van der Waals surface area contributed by atoms with Crippen molar-refractivity contribution in [3.05, 3.63) is 29.8 Å². The van der Waals surface area contributed by atoms with E-state index in [0.717, 1.165) is 44.6 Å². The van der Waals surface area contributed by atoms with E-state index < -0.39 is 0 Å². The fourth-order valence-corrected chi connectivity index (χ4v) is 3.72. The fourth-order valence-electron chi connectivity index (χ4n) is 2.61. The Hall–Kier alpha value is -1.00. The predicted molar refractivity (Wildman–Crippen MR) is 89.6 cm³/mol. The average molecular weight is 306 g/mol. The predicted octanol–water partition coefficient (Wildman–Crippen LogP) is 4.05. The largest absolute Gasteiger partial charge is 0.339 e. The van der Waals surface area contributed by atoms with Gasteiger partial charge in [-0.15, -0.1) is 0 Å². The summed E-state index contributed by atoms with van der Waals surface area (Å²) >= 11 is 1.80. The summed E-state index contributed by atoms with van der Waals surface area (Å²) in [5.41, 5.74) is 0.818. The molecule has 2 rings (SSSR count). The Labute approximate surface area is 132 Å². The molecule has 1 saturated heterocycles. The third kappa shape index (κ3) is 4.75. The third-order valence-corrected chi connectivity index (χ3v) is 4.78. The first-order valence-electron chi connectivity index (χ1n) is 8.06. The van der Waals surface area contributed by atoms with Crippen LogP contribution >= 0.6 is 11.9 Å². The summed E-state index contributed by atoms with van der Waals surface area (Å²) in [4.78, 5) is 15.5. The van der Waals surface area contributed by atoms with E-state index in [2.05, 4.69) is 30.3 Å². The van der Waals surface area contributed by atoms with Gasteiger partial charge in [-0.1, -0.05) is 13.8 Å². The van der Waals surface area contributed by atoms with E-state index in [-0.39, 0.29) is 5.91 Å². The number of benzene rings is 1. The van der Waals surface area contributed by atoms with Crippen molar-refractivity contribution in [2.75, 3.05) is 26.2 Å². The first-order chi connectivity index (χ1) is 10.2. The van der Waals surface area contributed by atoms with Gasteiger partial charge in [0.05, 0.1) is 0 Å². The van der Waals surface area contributed by atoms with Gasteiger partial charge in [0.15, 0.2) is 0 Å². The molecule has 1 fully saturated rings. The van der Waals surface area contributed by atoms with E-state index in [1.54, 1.807) is 11.9 Å². The average Bonchev–Trinajstić information content (AvgIpc) is 3.02. The van der Waals surface area contributed by atoms with Crippen LogP contribution in [0.3, 0.4) is 0 Å². The van der Waals surface area contributed by atoms with Gasteiger partial charge in [0.2, 0.25) is 0 Å². The minimum Gasteiger partial charge on any atom is -0.339 e. The van der Waals surface area contributed by atoms with Gasteiger partial charge in [-0.3, -0.25) is 4.79 Å². The molecule has 0 spiro atoms. The van der Waals surface area contributed by atoms with Crippen molar-refractivity contribution in [1.29, 1.82) is 0 Å². The van der Waals surface area contributed by atoms with Crippen LogP contribution in [0, 0.1) is 0 Å². The molecule has 21 heavy (non-hydrogen) atoms. The Balaban J connectivity index is 1.95. The topological polar surface area (TPSA) is 23.6 Å². The molecule has 1 aromatic carbocycles. The molecule has 0 atom stereocenters. The SMILES string of the molecule is CCCN(CCC)Sc1ccc(C(=O)N2CCCC2)cc1. The molecule has 1 amide bonds. The zero-order chi connectivity index (χ0) is 15.1. The normalized spacial score (nSPS) is 14.9. The van der Waals surface area contributed by atoms with E-state index in [1.165, 1.54) is 17.7 Å². The maximum Gasteiger partial charge on any atom is 0.253 e. The molecular formula is C17H26N2OS. The number of hydrogen-bond donors (Lipinski definition) is 0. The van der Waals surface area contributed by atoms with Crippen LogP contribution in [-0.4, -0.2) is 41.3 Å². The lowest BCUT2D eigenvalue weighted by molar-refractivity contribution is 0.0793. The molecule has 0 saturated carbocycles. The van der Waals surface area contributed by atoms with Gasteiger partial charge < -0.3 is 4.90 Å². The van der Waals surface area contributed by atoms with Crippen LogP contribution in [0.4, 0.5) is 0 Å². The fraction of sp³-hybridized carbons (Fsp3) is 0.588. The van der Waals surface area contributed by atoms with Crippen molar-refractivity contribution in [2.45, 2.75) is 44.4 Å². The van der Waals surface area contributed by atoms with Gasteiger partial charge >= 0.3 is 0 Å². The maximum atomic E-state index is 12.3. The highest BCUT2D eigenvalue weighted by Crippen LogP contribution is 2.24. The van der Waals surface area contributed by atoms with Crippen LogP contribution < -0.4 is 0 Å². The van der Waals surface area contributed by atoms with Gasteiger partial charge in [-0.2, -0.15) is 0 Å². The van der Waals surface area contributed by atoms with Crippen molar-refractivity contribution in [1.82, 2.24) is 9.21 Å². The molecule has 0 radical (unpaired) electrons. The summed E-state index contributed by atoms with van der Waals surface area (Å²) in [7, 11) is 0. The third-order valence-electron chi connectivity index (χ3n) is 3.68. The summed E-state index contributed by atoms with van der Waals surface area (Å²) in [5, 5.41) is 0. The molecule has 0 aromatic heterocycles. The van der Waals surface area contributed by atoms with E-state index in [0.29, 0.717) is 0 Å². The van der Waals surface area contributed by atoms with Crippen LogP contribution in [0.1, 0.15) is 49.9 Å². The number of amides is 1. The summed E-state index contributed by atoms with van der Waals surface area (Å²) in [5.74, 6) is 0.183. The van der Waals surface area contributed by atoms with Crippen molar-refractivity contribution in [3.8, 4) is 0 Å². The number of nitrogens with zero attached hydrogens (tertiary/aromatic N) is 2.